The second-order valence-corrected chi connectivity index (χ2v) is 4.72. The molecule has 0 amide bonds. The van der Waals surface area contributed by atoms with E-state index in [0.29, 0.717) is 17.6 Å². The van der Waals surface area contributed by atoms with Crippen LogP contribution in [-0.2, 0) is 4.79 Å². The normalized spacial score (nSPS) is 56.4. The highest BCUT2D eigenvalue weighted by Crippen LogP contribution is 2.44. The van der Waals surface area contributed by atoms with E-state index in [2.05, 4.69) is 11.8 Å². The molecule has 1 aliphatic carbocycles. The molecule has 4 aliphatic rings. The molecule has 3 atom stereocenters. The monoisotopic (exact) mass is 165 g/mol. The summed E-state index contributed by atoms with van der Waals surface area (Å²) >= 11 is 0. The van der Waals surface area contributed by atoms with E-state index < -0.39 is 0 Å². The molecule has 12 heavy (non-hydrogen) atoms. The summed E-state index contributed by atoms with van der Waals surface area (Å²) < 4.78 is 0. The zero-order valence-electron chi connectivity index (χ0n) is 7.49. The van der Waals surface area contributed by atoms with Gasteiger partial charge in [-0.2, -0.15) is 0 Å². The van der Waals surface area contributed by atoms with E-state index in [9.17, 15) is 4.79 Å². The minimum atomic E-state index is 0.415. The summed E-state index contributed by atoms with van der Waals surface area (Å²) in [4.78, 5) is 14.2. The van der Waals surface area contributed by atoms with E-state index in [1.165, 1.54) is 12.8 Å². The summed E-state index contributed by atoms with van der Waals surface area (Å²) in [5.41, 5.74) is 0. The molecule has 0 aromatic carbocycles. The molecular weight excluding hydrogens is 150 g/mol. The van der Waals surface area contributed by atoms with Crippen LogP contribution < -0.4 is 0 Å². The van der Waals surface area contributed by atoms with Crippen molar-refractivity contribution in [3.63, 3.8) is 0 Å². The number of rotatable bonds is 0. The highest BCUT2D eigenvalue weighted by molar-refractivity contribution is 5.85. The Morgan fingerprint density at radius 1 is 1.25 bits per heavy atom. The molecule has 4 bridgehead atoms. The molecular formula is C10H15NO. The second-order valence-electron chi connectivity index (χ2n) is 4.72. The average molecular weight is 165 g/mol. The van der Waals surface area contributed by atoms with Crippen molar-refractivity contribution in [1.29, 1.82) is 0 Å². The molecule has 1 saturated carbocycles. The molecule has 0 N–H and O–H groups in total. The minimum absolute atomic E-state index is 0.415. The molecule has 3 unspecified atom stereocenters. The Labute approximate surface area is 72.9 Å². The SMILES string of the molecule is CC1C2CC3CN1CC(C2)C3=O. The van der Waals surface area contributed by atoms with Gasteiger partial charge in [0.15, 0.2) is 0 Å². The maximum absolute atomic E-state index is 11.7. The van der Waals surface area contributed by atoms with E-state index >= 15 is 0 Å². The Bertz CT molecular complexity index is 204. The fraction of sp³-hybridized carbons (Fsp3) is 0.900. The zero-order chi connectivity index (χ0) is 8.29. The lowest BCUT2D eigenvalue weighted by atomic mass is 9.64. The number of piperidine rings is 3. The summed E-state index contributed by atoms with van der Waals surface area (Å²) in [6, 6.07) is 0.755. The first-order valence-corrected chi connectivity index (χ1v) is 5.03. The summed E-state index contributed by atoms with van der Waals surface area (Å²) in [6.45, 7) is 4.45. The van der Waals surface area contributed by atoms with Crippen LogP contribution in [0.15, 0.2) is 0 Å². The van der Waals surface area contributed by atoms with Gasteiger partial charge in [0.25, 0.3) is 0 Å². The number of carbonyl (C=O) groups is 1. The van der Waals surface area contributed by atoms with Gasteiger partial charge in [-0.25, -0.2) is 0 Å². The van der Waals surface area contributed by atoms with Crippen LogP contribution in [-0.4, -0.2) is 29.8 Å². The lowest BCUT2D eigenvalue weighted by Gasteiger charge is -2.54. The molecule has 4 fully saturated rings. The van der Waals surface area contributed by atoms with Crippen molar-refractivity contribution in [3.05, 3.63) is 0 Å². The number of hydrogen-bond donors (Lipinski definition) is 0. The summed E-state index contributed by atoms with van der Waals surface area (Å²) in [6.07, 6.45) is 2.38. The quantitative estimate of drug-likeness (QED) is 0.532. The van der Waals surface area contributed by atoms with Crippen molar-refractivity contribution in [1.82, 2.24) is 4.90 Å². The molecule has 0 aromatic rings. The Morgan fingerprint density at radius 3 is 2.33 bits per heavy atom. The van der Waals surface area contributed by atoms with E-state index in [0.717, 1.165) is 25.0 Å². The molecule has 0 radical (unpaired) electrons. The predicted octanol–water partition coefficient (Wildman–Crippen LogP) is 0.916. The number of hydrogen-bond acceptors (Lipinski definition) is 2. The average Bonchev–Trinajstić information content (AvgIpc) is 2.02. The third-order valence-corrected chi connectivity index (χ3v) is 4.15. The van der Waals surface area contributed by atoms with Crippen LogP contribution in [0, 0.1) is 17.8 Å². The lowest BCUT2D eigenvalue weighted by Crippen LogP contribution is -2.62. The van der Waals surface area contributed by atoms with Gasteiger partial charge in [-0.3, -0.25) is 9.69 Å². The van der Waals surface area contributed by atoms with Crippen molar-refractivity contribution < 1.29 is 4.79 Å². The molecule has 3 heterocycles. The van der Waals surface area contributed by atoms with Gasteiger partial charge in [-0.05, 0) is 25.7 Å². The summed E-state index contributed by atoms with van der Waals surface area (Å²) in [5, 5.41) is 0. The molecule has 0 spiro atoms. The number of ketones is 1. The smallest absolute Gasteiger partial charge is 0.141 e. The fourth-order valence-electron chi connectivity index (χ4n) is 3.39. The lowest BCUT2D eigenvalue weighted by molar-refractivity contribution is -0.147. The molecule has 4 rings (SSSR count). The van der Waals surface area contributed by atoms with Gasteiger partial charge in [0.1, 0.15) is 5.78 Å². The first-order valence-electron chi connectivity index (χ1n) is 5.03. The highest BCUT2D eigenvalue weighted by atomic mass is 16.1. The molecule has 0 aromatic heterocycles. The van der Waals surface area contributed by atoms with Gasteiger partial charge in [-0.1, -0.05) is 0 Å². The standard InChI is InChI=1S/C10H15NO/c1-6-7-2-8-4-11(6)5-9(3-7)10(8)12/h6-9H,2-5H2,1H3. The largest absolute Gasteiger partial charge is 0.299 e. The van der Waals surface area contributed by atoms with Gasteiger partial charge >= 0.3 is 0 Å². The number of carbonyl (C=O) groups excluding carboxylic acids is 1. The summed E-state index contributed by atoms with van der Waals surface area (Å²) in [7, 11) is 0. The Balaban J connectivity index is 1.96. The van der Waals surface area contributed by atoms with Crippen molar-refractivity contribution in [3.8, 4) is 0 Å². The van der Waals surface area contributed by atoms with E-state index in [-0.39, 0.29) is 0 Å². The van der Waals surface area contributed by atoms with Crippen LogP contribution in [0.25, 0.3) is 0 Å². The van der Waals surface area contributed by atoms with Crippen molar-refractivity contribution in [2.45, 2.75) is 25.8 Å². The highest BCUT2D eigenvalue weighted by Gasteiger charge is 2.49. The Kier molecular flexibility index (Phi) is 1.24. The molecule has 3 aliphatic heterocycles. The first-order chi connectivity index (χ1) is 5.75. The van der Waals surface area contributed by atoms with Gasteiger partial charge < -0.3 is 0 Å². The van der Waals surface area contributed by atoms with Gasteiger partial charge in [0, 0.05) is 31.0 Å². The van der Waals surface area contributed by atoms with Crippen molar-refractivity contribution >= 4 is 5.78 Å². The van der Waals surface area contributed by atoms with Crippen molar-refractivity contribution in [2.75, 3.05) is 13.1 Å². The molecule has 2 heteroatoms. The minimum Gasteiger partial charge on any atom is -0.299 e. The van der Waals surface area contributed by atoms with Gasteiger partial charge in [0.2, 0.25) is 0 Å². The first kappa shape index (κ1) is 7.07. The number of Topliss-reactive ketones (excluding diaryl/α,β-unsaturated/α-hetero) is 1. The maximum Gasteiger partial charge on any atom is 0.141 e. The van der Waals surface area contributed by atoms with Crippen LogP contribution >= 0.6 is 0 Å². The molecule has 2 nitrogen and oxygen atoms in total. The maximum atomic E-state index is 11.7. The van der Waals surface area contributed by atoms with Gasteiger partial charge in [-0.15, -0.1) is 0 Å². The van der Waals surface area contributed by atoms with E-state index in [1.54, 1.807) is 0 Å². The predicted molar refractivity (Wildman–Crippen MR) is 45.7 cm³/mol. The van der Waals surface area contributed by atoms with Crippen LogP contribution in [0.2, 0.25) is 0 Å². The van der Waals surface area contributed by atoms with Gasteiger partial charge in [0.05, 0.1) is 0 Å². The van der Waals surface area contributed by atoms with Crippen LogP contribution in [0.1, 0.15) is 19.8 Å². The fourth-order valence-corrected chi connectivity index (χ4v) is 3.39. The van der Waals surface area contributed by atoms with Crippen molar-refractivity contribution in [2.24, 2.45) is 17.8 Å². The van der Waals surface area contributed by atoms with Crippen LogP contribution in [0.4, 0.5) is 0 Å². The van der Waals surface area contributed by atoms with Crippen LogP contribution in [0.3, 0.4) is 0 Å². The topological polar surface area (TPSA) is 20.3 Å². The Hall–Kier alpha value is -0.370. The molecule has 3 saturated heterocycles. The molecule has 66 valence electrons. The summed E-state index contributed by atoms with van der Waals surface area (Å²) in [5.74, 6) is 2.24. The van der Waals surface area contributed by atoms with E-state index in [1.807, 2.05) is 0 Å². The third-order valence-electron chi connectivity index (χ3n) is 4.15. The third kappa shape index (κ3) is 0.717. The van der Waals surface area contributed by atoms with E-state index in [4.69, 9.17) is 0 Å². The number of nitrogens with zero attached hydrogens (tertiary/aromatic N) is 1. The Morgan fingerprint density at radius 2 is 1.83 bits per heavy atom. The zero-order valence-corrected chi connectivity index (χ0v) is 7.49. The second kappa shape index (κ2) is 2.11. The van der Waals surface area contributed by atoms with Crippen LogP contribution in [0.5, 0.6) is 0 Å².